The summed E-state index contributed by atoms with van der Waals surface area (Å²) in [6.07, 6.45) is 2.39. The van der Waals surface area contributed by atoms with E-state index in [1.165, 1.54) is 0 Å². The fourth-order valence-corrected chi connectivity index (χ4v) is 1.77. The Morgan fingerprint density at radius 2 is 2.25 bits per heavy atom. The first-order valence-electron chi connectivity index (χ1n) is 6.17. The number of benzene rings is 1. The van der Waals surface area contributed by atoms with Crippen LogP contribution in [0.3, 0.4) is 0 Å². The fourth-order valence-electron chi connectivity index (χ4n) is 1.77. The van der Waals surface area contributed by atoms with Crippen LogP contribution in [-0.2, 0) is 19.5 Å². The molecule has 0 aliphatic heterocycles. The summed E-state index contributed by atoms with van der Waals surface area (Å²) in [4.78, 5) is 14.4. The van der Waals surface area contributed by atoms with Gasteiger partial charge in [0, 0.05) is 24.6 Å². The first-order valence-corrected chi connectivity index (χ1v) is 6.17. The normalized spacial score (nSPS) is 10.7. The molecule has 0 fully saturated rings. The molecule has 2 rings (SSSR count). The summed E-state index contributed by atoms with van der Waals surface area (Å²) in [5, 5.41) is 13.8. The predicted molar refractivity (Wildman–Crippen MR) is 69.5 cm³/mol. The van der Waals surface area contributed by atoms with Crippen LogP contribution in [0.2, 0.25) is 0 Å². The van der Waals surface area contributed by atoms with Crippen molar-refractivity contribution in [1.29, 1.82) is 0 Å². The molecule has 0 bridgehead atoms. The minimum atomic E-state index is -0.531. The van der Waals surface area contributed by atoms with Gasteiger partial charge in [-0.1, -0.05) is 6.92 Å². The second-order valence-electron chi connectivity index (χ2n) is 4.21. The van der Waals surface area contributed by atoms with E-state index in [2.05, 4.69) is 10.3 Å². The standard InChI is InChI=1S/C13H14FN3O3/c1-2-11-7-16-13(20-11)8-15-6-9-5-10(14)3-4-12(9)17(18)19/h3-5,7,15H,2,6,8H2,1H3. The highest BCUT2D eigenvalue weighted by Gasteiger charge is 2.14. The van der Waals surface area contributed by atoms with E-state index < -0.39 is 10.7 Å². The Kier molecular flexibility index (Phi) is 4.41. The van der Waals surface area contributed by atoms with Crippen LogP contribution < -0.4 is 5.32 Å². The molecule has 1 aromatic heterocycles. The SMILES string of the molecule is CCc1cnc(CNCc2cc(F)ccc2[N+](=O)[O-])o1. The molecular weight excluding hydrogens is 265 g/mol. The summed E-state index contributed by atoms with van der Waals surface area (Å²) in [5.74, 6) is 0.774. The molecule has 0 spiro atoms. The van der Waals surface area contributed by atoms with Crippen LogP contribution in [0.5, 0.6) is 0 Å². The number of nitrogens with zero attached hydrogens (tertiary/aromatic N) is 2. The first kappa shape index (κ1) is 14.1. The van der Waals surface area contributed by atoms with Gasteiger partial charge in [-0.05, 0) is 12.1 Å². The average Bonchev–Trinajstić information content (AvgIpc) is 2.86. The van der Waals surface area contributed by atoms with Crippen LogP contribution in [0.4, 0.5) is 10.1 Å². The third kappa shape index (κ3) is 3.39. The Balaban J connectivity index is 2.00. The molecule has 0 radical (unpaired) electrons. The second-order valence-corrected chi connectivity index (χ2v) is 4.21. The van der Waals surface area contributed by atoms with E-state index >= 15 is 0 Å². The van der Waals surface area contributed by atoms with Crippen LogP contribution in [-0.4, -0.2) is 9.91 Å². The highest BCUT2D eigenvalue weighted by molar-refractivity contribution is 5.40. The summed E-state index contributed by atoms with van der Waals surface area (Å²) in [5.41, 5.74) is 0.179. The van der Waals surface area contributed by atoms with E-state index in [0.717, 1.165) is 30.4 Å². The van der Waals surface area contributed by atoms with E-state index in [1.807, 2.05) is 6.92 Å². The smallest absolute Gasteiger partial charge is 0.274 e. The molecule has 0 saturated heterocycles. The van der Waals surface area contributed by atoms with E-state index in [-0.39, 0.29) is 17.8 Å². The van der Waals surface area contributed by atoms with Gasteiger partial charge in [0.05, 0.1) is 17.7 Å². The van der Waals surface area contributed by atoms with Crippen LogP contribution in [0.25, 0.3) is 0 Å². The summed E-state index contributed by atoms with van der Waals surface area (Å²) < 4.78 is 18.5. The van der Waals surface area contributed by atoms with Gasteiger partial charge in [-0.2, -0.15) is 0 Å². The number of nitro groups is 1. The lowest BCUT2D eigenvalue weighted by Crippen LogP contribution is -2.14. The minimum Gasteiger partial charge on any atom is -0.444 e. The summed E-state index contributed by atoms with van der Waals surface area (Å²) in [7, 11) is 0. The Morgan fingerprint density at radius 3 is 2.90 bits per heavy atom. The number of hydrogen-bond acceptors (Lipinski definition) is 5. The Hall–Kier alpha value is -2.28. The second kappa shape index (κ2) is 6.25. The third-order valence-corrected chi connectivity index (χ3v) is 2.78. The maximum Gasteiger partial charge on any atom is 0.274 e. The number of rotatable bonds is 6. The van der Waals surface area contributed by atoms with Gasteiger partial charge >= 0.3 is 0 Å². The van der Waals surface area contributed by atoms with Crippen molar-refractivity contribution in [2.45, 2.75) is 26.4 Å². The monoisotopic (exact) mass is 279 g/mol. The van der Waals surface area contributed by atoms with Crippen LogP contribution in [0, 0.1) is 15.9 Å². The predicted octanol–water partition coefficient (Wildman–Crippen LogP) is 2.57. The maximum absolute atomic E-state index is 13.1. The van der Waals surface area contributed by atoms with Crippen LogP contribution in [0.15, 0.2) is 28.8 Å². The van der Waals surface area contributed by atoms with Crippen LogP contribution >= 0.6 is 0 Å². The number of nitrogens with one attached hydrogen (secondary N) is 1. The van der Waals surface area contributed by atoms with Crippen molar-refractivity contribution in [3.63, 3.8) is 0 Å². The molecule has 6 nitrogen and oxygen atoms in total. The zero-order valence-electron chi connectivity index (χ0n) is 10.9. The molecule has 0 aliphatic carbocycles. The van der Waals surface area contributed by atoms with E-state index in [9.17, 15) is 14.5 Å². The van der Waals surface area contributed by atoms with E-state index in [0.29, 0.717) is 12.4 Å². The number of aryl methyl sites for hydroxylation is 1. The molecule has 0 unspecified atom stereocenters. The molecule has 0 aliphatic rings. The molecule has 0 atom stereocenters. The third-order valence-electron chi connectivity index (χ3n) is 2.78. The maximum atomic E-state index is 13.1. The molecule has 0 amide bonds. The molecule has 20 heavy (non-hydrogen) atoms. The van der Waals surface area contributed by atoms with Crippen molar-refractivity contribution in [1.82, 2.24) is 10.3 Å². The topological polar surface area (TPSA) is 81.2 Å². The molecule has 7 heteroatoms. The molecule has 2 aromatic rings. The van der Waals surface area contributed by atoms with E-state index in [1.54, 1.807) is 6.20 Å². The number of halogens is 1. The summed E-state index contributed by atoms with van der Waals surface area (Å²) in [6.45, 7) is 2.44. The van der Waals surface area contributed by atoms with Crippen molar-refractivity contribution >= 4 is 5.69 Å². The number of oxazole rings is 1. The summed E-state index contributed by atoms with van der Waals surface area (Å²) in [6, 6.07) is 3.38. The van der Waals surface area contributed by atoms with Gasteiger partial charge < -0.3 is 9.73 Å². The van der Waals surface area contributed by atoms with E-state index in [4.69, 9.17) is 4.42 Å². The molecule has 1 aromatic carbocycles. The average molecular weight is 279 g/mol. The van der Waals surface area contributed by atoms with Gasteiger partial charge in [-0.25, -0.2) is 9.37 Å². The lowest BCUT2D eigenvalue weighted by Gasteiger charge is -2.04. The Bertz CT molecular complexity index is 613. The molecule has 106 valence electrons. The first-order chi connectivity index (χ1) is 9.60. The summed E-state index contributed by atoms with van der Waals surface area (Å²) >= 11 is 0. The number of aromatic nitrogens is 1. The zero-order valence-corrected chi connectivity index (χ0v) is 10.9. The fraction of sp³-hybridized carbons (Fsp3) is 0.308. The van der Waals surface area contributed by atoms with Gasteiger partial charge in [0.1, 0.15) is 11.6 Å². The lowest BCUT2D eigenvalue weighted by molar-refractivity contribution is -0.385. The van der Waals surface area contributed by atoms with Crippen molar-refractivity contribution in [2.75, 3.05) is 0 Å². The van der Waals surface area contributed by atoms with Crippen molar-refractivity contribution in [3.05, 3.63) is 57.5 Å². The molecule has 1 N–H and O–H groups in total. The van der Waals surface area contributed by atoms with Gasteiger partial charge in [-0.15, -0.1) is 0 Å². The molecular formula is C13H14FN3O3. The number of hydrogen-bond donors (Lipinski definition) is 1. The number of nitro benzene ring substituents is 1. The van der Waals surface area contributed by atoms with Gasteiger partial charge in [0.2, 0.25) is 5.89 Å². The highest BCUT2D eigenvalue weighted by Crippen LogP contribution is 2.19. The zero-order chi connectivity index (χ0) is 14.5. The minimum absolute atomic E-state index is 0.111. The van der Waals surface area contributed by atoms with Gasteiger partial charge in [0.25, 0.3) is 5.69 Å². The van der Waals surface area contributed by atoms with Crippen LogP contribution in [0.1, 0.15) is 24.1 Å². The highest BCUT2D eigenvalue weighted by atomic mass is 19.1. The van der Waals surface area contributed by atoms with Crippen molar-refractivity contribution in [2.24, 2.45) is 0 Å². The van der Waals surface area contributed by atoms with Gasteiger partial charge in [0.15, 0.2) is 0 Å². The molecule has 0 saturated carbocycles. The van der Waals surface area contributed by atoms with Gasteiger partial charge in [-0.3, -0.25) is 10.1 Å². The van der Waals surface area contributed by atoms with Crippen molar-refractivity contribution in [3.8, 4) is 0 Å². The lowest BCUT2D eigenvalue weighted by atomic mass is 10.1. The quantitative estimate of drug-likeness (QED) is 0.649. The molecule has 1 heterocycles. The largest absolute Gasteiger partial charge is 0.444 e. The Labute approximate surface area is 114 Å². The van der Waals surface area contributed by atoms with Crippen molar-refractivity contribution < 1.29 is 13.7 Å². The Morgan fingerprint density at radius 1 is 1.45 bits per heavy atom.